The summed E-state index contributed by atoms with van der Waals surface area (Å²) in [6.07, 6.45) is 0. The molecule has 0 unspecified atom stereocenters. The zero-order chi connectivity index (χ0) is 21.0. The molecule has 0 spiro atoms. The lowest BCUT2D eigenvalue weighted by Gasteiger charge is -2.31. The highest BCUT2D eigenvalue weighted by Gasteiger charge is 2.44. The molecule has 2 atom stereocenters. The van der Waals surface area contributed by atoms with Crippen molar-refractivity contribution in [3.63, 3.8) is 0 Å². The molecule has 0 saturated heterocycles. The van der Waals surface area contributed by atoms with Crippen molar-refractivity contribution in [3.05, 3.63) is 80.8 Å². The number of allylic oxidation sites excluding steroid dienone is 1. The van der Waals surface area contributed by atoms with E-state index in [9.17, 15) is 14.9 Å². The number of nitriles is 1. The molecule has 0 fully saturated rings. The third-order valence-electron chi connectivity index (χ3n) is 4.75. The Kier molecular flexibility index (Phi) is 6.63. The summed E-state index contributed by atoms with van der Waals surface area (Å²) >= 11 is 7.53. The van der Waals surface area contributed by atoms with E-state index in [1.165, 1.54) is 18.9 Å². The number of hydrogen-bond acceptors (Lipinski definition) is 5. The number of hydrogen-bond donors (Lipinski definition) is 1. The van der Waals surface area contributed by atoms with E-state index in [0.29, 0.717) is 26.9 Å². The van der Waals surface area contributed by atoms with Crippen molar-refractivity contribution < 1.29 is 14.3 Å². The molecule has 1 aliphatic rings. The van der Waals surface area contributed by atoms with E-state index >= 15 is 0 Å². The van der Waals surface area contributed by atoms with E-state index in [1.54, 1.807) is 6.07 Å². The molecule has 1 aliphatic heterocycles. The van der Waals surface area contributed by atoms with E-state index in [0.717, 1.165) is 11.1 Å². The predicted molar refractivity (Wildman–Crippen MR) is 113 cm³/mol. The van der Waals surface area contributed by atoms with E-state index in [2.05, 4.69) is 11.4 Å². The van der Waals surface area contributed by atoms with Crippen LogP contribution in [0, 0.1) is 24.2 Å². The molecule has 29 heavy (non-hydrogen) atoms. The van der Waals surface area contributed by atoms with Crippen molar-refractivity contribution in [2.24, 2.45) is 5.92 Å². The second kappa shape index (κ2) is 9.17. The maximum Gasteiger partial charge on any atom is 0.319 e. The van der Waals surface area contributed by atoms with Crippen LogP contribution in [0.4, 0.5) is 0 Å². The molecule has 0 aliphatic carbocycles. The predicted octanol–water partition coefficient (Wildman–Crippen LogP) is 4.32. The van der Waals surface area contributed by atoms with Crippen LogP contribution in [0.15, 0.2) is 59.1 Å². The minimum Gasteiger partial charge on any atom is -0.468 e. The second-order valence-electron chi connectivity index (χ2n) is 6.61. The number of nitrogens with zero attached hydrogens (tertiary/aromatic N) is 1. The summed E-state index contributed by atoms with van der Waals surface area (Å²) < 4.78 is 4.85. The van der Waals surface area contributed by atoms with Crippen LogP contribution in [0.2, 0.25) is 5.02 Å². The number of esters is 1. The van der Waals surface area contributed by atoms with Crippen molar-refractivity contribution in [2.45, 2.75) is 18.6 Å². The average Bonchev–Trinajstić information content (AvgIpc) is 2.72. The van der Waals surface area contributed by atoms with E-state index in [1.807, 2.05) is 49.4 Å². The first-order valence-electron chi connectivity index (χ1n) is 8.92. The normalized spacial score (nSPS) is 18.8. The number of halogens is 1. The van der Waals surface area contributed by atoms with Crippen molar-refractivity contribution in [1.29, 1.82) is 5.26 Å². The fourth-order valence-electron chi connectivity index (χ4n) is 3.22. The van der Waals surface area contributed by atoms with Gasteiger partial charge in [0.15, 0.2) is 0 Å². The first-order chi connectivity index (χ1) is 14.0. The highest BCUT2D eigenvalue weighted by molar-refractivity contribution is 8.02. The van der Waals surface area contributed by atoms with Crippen LogP contribution in [0.3, 0.4) is 0 Å². The lowest BCUT2D eigenvalue weighted by Crippen LogP contribution is -2.44. The van der Waals surface area contributed by atoms with Crippen molar-refractivity contribution >= 4 is 35.2 Å². The van der Waals surface area contributed by atoms with Gasteiger partial charge in [0.2, 0.25) is 5.91 Å². The third kappa shape index (κ3) is 4.47. The molecule has 0 bridgehead atoms. The van der Waals surface area contributed by atoms with Crippen LogP contribution in [0.1, 0.15) is 22.6 Å². The van der Waals surface area contributed by atoms with Gasteiger partial charge in [0.1, 0.15) is 5.92 Å². The summed E-state index contributed by atoms with van der Waals surface area (Å²) in [5.41, 5.74) is 2.98. The molecule has 0 saturated carbocycles. The number of nitrogens with one attached hydrogen (secondary N) is 1. The van der Waals surface area contributed by atoms with E-state index in [-0.39, 0.29) is 0 Å². The maximum absolute atomic E-state index is 12.8. The Balaban J connectivity index is 2.03. The fraction of sp³-hybridized carbons (Fsp3) is 0.227. The van der Waals surface area contributed by atoms with E-state index < -0.39 is 23.7 Å². The van der Waals surface area contributed by atoms with Gasteiger partial charge in [-0.05, 0) is 24.1 Å². The van der Waals surface area contributed by atoms with Gasteiger partial charge in [0, 0.05) is 16.7 Å². The van der Waals surface area contributed by atoms with Crippen LogP contribution in [-0.2, 0) is 20.1 Å². The maximum atomic E-state index is 12.8. The summed E-state index contributed by atoms with van der Waals surface area (Å²) in [6.45, 7) is 1.95. The summed E-state index contributed by atoms with van der Waals surface area (Å²) in [4.78, 5) is 25.2. The third-order valence-corrected chi connectivity index (χ3v) is 6.18. The number of carbonyl (C=O) groups is 2. The standard InChI is InChI=1S/C22H19ClN2O3S/c1-13-7-9-14(10-8-13)18-16(11-24)21(25-20(26)19(18)22(27)28-2)29-12-15-5-3-4-6-17(15)23/h3-10,18-19H,12H2,1-2H3,(H,25,26)/t18-,19-/m0/s1. The van der Waals surface area contributed by atoms with Gasteiger partial charge < -0.3 is 10.1 Å². The summed E-state index contributed by atoms with van der Waals surface area (Å²) in [5.74, 6) is -2.51. The minimum absolute atomic E-state index is 0.334. The van der Waals surface area contributed by atoms with Gasteiger partial charge in [-0.3, -0.25) is 9.59 Å². The van der Waals surface area contributed by atoms with Gasteiger partial charge in [0.25, 0.3) is 0 Å². The highest BCUT2D eigenvalue weighted by atomic mass is 35.5. The van der Waals surface area contributed by atoms with Crippen molar-refractivity contribution in [1.82, 2.24) is 5.32 Å². The zero-order valence-electron chi connectivity index (χ0n) is 15.9. The number of carbonyl (C=O) groups excluding carboxylic acids is 2. The van der Waals surface area contributed by atoms with Gasteiger partial charge in [0.05, 0.1) is 23.8 Å². The lowest BCUT2D eigenvalue weighted by atomic mass is 9.78. The molecular weight excluding hydrogens is 408 g/mol. The fourth-order valence-corrected chi connectivity index (χ4v) is 4.55. The molecule has 0 aromatic heterocycles. The number of aryl methyl sites for hydroxylation is 1. The van der Waals surface area contributed by atoms with Crippen LogP contribution in [-0.4, -0.2) is 19.0 Å². The summed E-state index contributed by atoms with van der Waals surface area (Å²) in [5, 5.41) is 13.7. The molecule has 7 heteroatoms. The first kappa shape index (κ1) is 21.0. The Morgan fingerprint density at radius 1 is 1.24 bits per heavy atom. The Hall–Kier alpha value is -2.75. The van der Waals surface area contributed by atoms with Crippen LogP contribution in [0.25, 0.3) is 0 Å². The quantitative estimate of drug-likeness (QED) is 0.569. The van der Waals surface area contributed by atoms with Gasteiger partial charge >= 0.3 is 5.97 Å². The molecule has 0 radical (unpaired) electrons. The number of ether oxygens (including phenoxy) is 1. The highest BCUT2D eigenvalue weighted by Crippen LogP contribution is 2.41. The SMILES string of the molecule is COC(=O)[C@@H]1C(=O)NC(SCc2ccccc2Cl)=C(C#N)[C@@H]1c1ccc(C)cc1. The molecule has 5 nitrogen and oxygen atoms in total. The molecule has 2 aromatic rings. The van der Waals surface area contributed by atoms with Gasteiger partial charge in [-0.15, -0.1) is 11.8 Å². The van der Waals surface area contributed by atoms with Crippen molar-refractivity contribution in [3.8, 4) is 6.07 Å². The molecule has 148 valence electrons. The summed E-state index contributed by atoms with van der Waals surface area (Å²) in [7, 11) is 1.24. The van der Waals surface area contributed by atoms with Crippen LogP contribution in [0.5, 0.6) is 0 Å². The van der Waals surface area contributed by atoms with E-state index in [4.69, 9.17) is 16.3 Å². The van der Waals surface area contributed by atoms with Gasteiger partial charge in [-0.2, -0.15) is 5.26 Å². The summed E-state index contributed by atoms with van der Waals surface area (Å²) in [6, 6.07) is 17.1. The van der Waals surface area contributed by atoms with Crippen molar-refractivity contribution in [2.75, 3.05) is 7.11 Å². The van der Waals surface area contributed by atoms with Gasteiger partial charge in [-0.25, -0.2) is 0 Å². The first-order valence-corrected chi connectivity index (χ1v) is 10.3. The monoisotopic (exact) mass is 426 g/mol. The Morgan fingerprint density at radius 3 is 2.55 bits per heavy atom. The Labute approximate surface area is 178 Å². The Morgan fingerprint density at radius 2 is 1.93 bits per heavy atom. The number of rotatable bonds is 5. The number of methoxy groups -OCH3 is 1. The minimum atomic E-state index is -1.12. The number of benzene rings is 2. The topological polar surface area (TPSA) is 79.2 Å². The molecule has 2 aromatic carbocycles. The largest absolute Gasteiger partial charge is 0.468 e. The van der Waals surface area contributed by atoms with Crippen LogP contribution < -0.4 is 5.32 Å². The molecule has 3 rings (SSSR count). The number of amides is 1. The van der Waals surface area contributed by atoms with Crippen LogP contribution >= 0.6 is 23.4 Å². The average molecular weight is 427 g/mol. The van der Waals surface area contributed by atoms with Gasteiger partial charge in [-0.1, -0.05) is 59.6 Å². The Bertz CT molecular complexity index is 1010. The zero-order valence-corrected chi connectivity index (χ0v) is 17.5. The second-order valence-corrected chi connectivity index (χ2v) is 8.01. The molecular formula is C22H19ClN2O3S. The molecule has 1 amide bonds. The smallest absolute Gasteiger partial charge is 0.319 e. The molecule has 1 N–H and O–H groups in total. The lowest BCUT2D eigenvalue weighted by molar-refractivity contribution is -0.150. The number of thioether (sulfide) groups is 1. The molecule has 1 heterocycles.